The first kappa shape index (κ1) is 22.8. The van der Waals surface area contributed by atoms with Crippen molar-refractivity contribution in [1.82, 2.24) is 0 Å². The molecule has 0 aliphatic rings. The molecule has 0 unspecified atom stereocenters. The van der Waals surface area contributed by atoms with E-state index in [0.717, 1.165) is 24.5 Å². The molecule has 2 aromatic carbocycles. The maximum Gasteiger partial charge on any atom is 0.416 e. The zero-order valence-corrected chi connectivity index (χ0v) is 17.0. The Morgan fingerprint density at radius 2 is 1.79 bits per heavy atom. The normalized spacial score (nSPS) is 11.8. The van der Waals surface area contributed by atoms with Crippen LogP contribution in [0.5, 0.6) is 5.75 Å². The van der Waals surface area contributed by atoms with E-state index in [4.69, 9.17) is 16.3 Å². The number of sulfonamides is 1. The van der Waals surface area contributed by atoms with Gasteiger partial charge in [-0.25, -0.2) is 8.42 Å². The summed E-state index contributed by atoms with van der Waals surface area (Å²) in [5.74, 6) is -0.426. The number of carbonyl (C=O) groups is 1. The van der Waals surface area contributed by atoms with Gasteiger partial charge in [-0.1, -0.05) is 11.6 Å². The van der Waals surface area contributed by atoms with Crippen LogP contribution in [0, 0.1) is 0 Å². The van der Waals surface area contributed by atoms with Gasteiger partial charge in [0.2, 0.25) is 10.0 Å². The second kappa shape index (κ2) is 8.91. The summed E-state index contributed by atoms with van der Waals surface area (Å²) in [4.78, 5) is 12.0. The third-order valence-corrected chi connectivity index (χ3v) is 5.35. The molecule has 1 amide bonds. The molecule has 0 aliphatic carbocycles. The number of amides is 1. The van der Waals surface area contributed by atoms with Crippen molar-refractivity contribution in [1.29, 1.82) is 0 Å². The summed E-state index contributed by atoms with van der Waals surface area (Å²) in [7, 11) is -3.42. The molecule has 0 heterocycles. The third-order valence-electron chi connectivity index (χ3n) is 3.75. The minimum atomic E-state index is -4.57. The van der Waals surface area contributed by atoms with Crippen LogP contribution < -0.4 is 14.4 Å². The topological polar surface area (TPSA) is 75.7 Å². The number of nitrogens with one attached hydrogen (secondary N) is 1. The number of hydrogen-bond donors (Lipinski definition) is 1. The molecule has 11 heteroatoms. The molecule has 0 spiro atoms. The van der Waals surface area contributed by atoms with Crippen molar-refractivity contribution in [3.8, 4) is 5.75 Å². The molecule has 6 nitrogen and oxygen atoms in total. The minimum Gasteiger partial charge on any atom is -0.484 e. The van der Waals surface area contributed by atoms with Crippen LogP contribution in [0.2, 0.25) is 5.02 Å². The van der Waals surface area contributed by atoms with Crippen LogP contribution in [0.1, 0.15) is 12.5 Å². The fraction of sp³-hybridized carbons (Fsp3) is 0.278. The zero-order chi connectivity index (χ0) is 21.8. The van der Waals surface area contributed by atoms with Crippen LogP contribution >= 0.6 is 11.6 Å². The summed E-state index contributed by atoms with van der Waals surface area (Å²) in [5, 5.41) is 2.22. The van der Waals surface area contributed by atoms with Crippen molar-refractivity contribution < 1.29 is 31.1 Å². The Kier molecular flexibility index (Phi) is 7.02. The molecule has 29 heavy (non-hydrogen) atoms. The molecule has 0 saturated heterocycles. The van der Waals surface area contributed by atoms with Crippen molar-refractivity contribution >= 4 is 38.9 Å². The fourth-order valence-corrected chi connectivity index (χ4v) is 3.59. The number of halogens is 4. The molecule has 2 rings (SSSR count). The third kappa shape index (κ3) is 6.26. The van der Waals surface area contributed by atoms with Gasteiger partial charge in [-0.2, -0.15) is 13.2 Å². The van der Waals surface area contributed by atoms with E-state index in [1.807, 2.05) is 0 Å². The lowest BCUT2D eigenvalue weighted by molar-refractivity contribution is -0.137. The highest BCUT2D eigenvalue weighted by atomic mass is 35.5. The van der Waals surface area contributed by atoms with Gasteiger partial charge in [-0.15, -0.1) is 0 Å². The van der Waals surface area contributed by atoms with E-state index < -0.39 is 34.3 Å². The Bertz CT molecular complexity index is 980. The van der Waals surface area contributed by atoms with E-state index in [1.54, 1.807) is 6.92 Å². The lowest BCUT2D eigenvalue weighted by Gasteiger charge is -2.20. The number of benzene rings is 2. The number of alkyl halides is 3. The predicted octanol–water partition coefficient (Wildman–Crippen LogP) is 4.16. The van der Waals surface area contributed by atoms with E-state index in [-0.39, 0.29) is 23.0 Å². The number of hydrogen-bond acceptors (Lipinski definition) is 4. The SMILES string of the molecule is CCN(c1ccc(OCC(=O)Nc2cc(C(F)(F)F)ccc2Cl)cc1)S(C)(=O)=O. The summed E-state index contributed by atoms with van der Waals surface area (Å²) in [6.07, 6.45) is -3.48. The molecule has 0 bridgehead atoms. The molecule has 0 aromatic heterocycles. The summed E-state index contributed by atoms with van der Waals surface area (Å²) in [6, 6.07) is 8.58. The quantitative estimate of drug-likeness (QED) is 0.687. The first-order valence-electron chi connectivity index (χ1n) is 8.29. The molecule has 0 fully saturated rings. The Morgan fingerprint density at radius 3 is 2.31 bits per heavy atom. The van der Waals surface area contributed by atoms with E-state index >= 15 is 0 Å². The fourth-order valence-electron chi connectivity index (χ4n) is 2.45. The van der Waals surface area contributed by atoms with Crippen LogP contribution in [-0.4, -0.2) is 33.7 Å². The minimum absolute atomic E-state index is 0.0452. The second-order valence-electron chi connectivity index (χ2n) is 5.95. The van der Waals surface area contributed by atoms with Crippen molar-refractivity contribution in [2.24, 2.45) is 0 Å². The lowest BCUT2D eigenvalue weighted by atomic mass is 10.2. The number of nitrogens with zero attached hydrogens (tertiary/aromatic N) is 1. The molecule has 2 aromatic rings. The van der Waals surface area contributed by atoms with E-state index in [2.05, 4.69) is 5.32 Å². The summed E-state index contributed by atoms with van der Waals surface area (Å²) in [5.41, 5.74) is -0.695. The molecule has 0 radical (unpaired) electrons. The highest BCUT2D eigenvalue weighted by molar-refractivity contribution is 7.92. The average Bonchev–Trinajstić information content (AvgIpc) is 2.61. The average molecular weight is 451 g/mol. The van der Waals surface area contributed by atoms with Gasteiger partial charge in [0.25, 0.3) is 5.91 Å². The molecular formula is C18H18ClF3N2O4S. The van der Waals surface area contributed by atoms with Crippen LogP contribution in [0.4, 0.5) is 24.5 Å². The molecule has 0 saturated carbocycles. The van der Waals surface area contributed by atoms with Crippen LogP contribution in [0.3, 0.4) is 0 Å². The zero-order valence-electron chi connectivity index (χ0n) is 15.5. The first-order valence-corrected chi connectivity index (χ1v) is 10.5. The van der Waals surface area contributed by atoms with Gasteiger partial charge in [-0.05, 0) is 49.4 Å². The van der Waals surface area contributed by atoms with Gasteiger partial charge < -0.3 is 10.1 Å². The lowest BCUT2D eigenvalue weighted by Crippen LogP contribution is -2.29. The largest absolute Gasteiger partial charge is 0.484 e. The smallest absolute Gasteiger partial charge is 0.416 e. The molecular weight excluding hydrogens is 433 g/mol. The molecule has 158 valence electrons. The predicted molar refractivity (Wildman–Crippen MR) is 105 cm³/mol. The van der Waals surface area contributed by atoms with Gasteiger partial charge in [0.1, 0.15) is 5.75 Å². The molecule has 1 N–H and O–H groups in total. The van der Waals surface area contributed by atoms with E-state index in [0.29, 0.717) is 5.69 Å². The highest BCUT2D eigenvalue weighted by Gasteiger charge is 2.31. The molecule has 0 atom stereocenters. The van der Waals surface area contributed by atoms with Crippen molar-refractivity contribution in [3.63, 3.8) is 0 Å². The van der Waals surface area contributed by atoms with Crippen molar-refractivity contribution in [2.45, 2.75) is 13.1 Å². The monoisotopic (exact) mass is 450 g/mol. The van der Waals surface area contributed by atoms with E-state index in [9.17, 15) is 26.4 Å². The maximum atomic E-state index is 12.8. The Labute approximate surface area is 171 Å². The Hall–Kier alpha value is -2.46. The number of carbonyl (C=O) groups excluding carboxylic acids is 1. The van der Waals surface area contributed by atoms with Crippen molar-refractivity contribution in [3.05, 3.63) is 53.1 Å². The van der Waals surface area contributed by atoms with Crippen LogP contribution in [0.25, 0.3) is 0 Å². The summed E-state index contributed by atoms with van der Waals surface area (Å²) < 4.78 is 68.2. The van der Waals surface area contributed by atoms with Gasteiger partial charge in [-0.3, -0.25) is 9.10 Å². The van der Waals surface area contributed by atoms with Gasteiger partial charge in [0.15, 0.2) is 6.61 Å². The van der Waals surface area contributed by atoms with Gasteiger partial charge >= 0.3 is 6.18 Å². The highest BCUT2D eigenvalue weighted by Crippen LogP contribution is 2.33. The maximum absolute atomic E-state index is 12.8. The van der Waals surface area contributed by atoms with Crippen LogP contribution in [-0.2, 0) is 21.0 Å². The second-order valence-corrected chi connectivity index (χ2v) is 8.26. The number of anilines is 2. The standard InChI is InChI=1S/C18H18ClF3N2O4S/c1-3-24(29(2,26)27)13-5-7-14(8-6-13)28-11-17(25)23-16-10-12(18(20,21)22)4-9-15(16)19/h4-10H,3,11H2,1-2H3,(H,23,25). The summed E-state index contributed by atoms with van der Waals surface area (Å²) in [6.45, 7) is 1.46. The molecule has 0 aliphatic heterocycles. The Balaban J connectivity index is 2.01. The van der Waals surface area contributed by atoms with Crippen LogP contribution in [0.15, 0.2) is 42.5 Å². The number of rotatable bonds is 7. The number of ether oxygens (including phenoxy) is 1. The summed E-state index contributed by atoms with van der Waals surface area (Å²) >= 11 is 5.83. The Morgan fingerprint density at radius 1 is 1.17 bits per heavy atom. The van der Waals surface area contributed by atoms with Crippen molar-refractivity contribution in [2.75, 3.05) is 29.0 Å². The van der Waals surface area contributed by atoms with E-state index in [1.165, 1.54) is 28.6 Å². The first-order chi connectivity index (χ1) is 13.4. The van der Waals surface area contributed by atoms with Gasteiger partial charge in [0.05, 0.1) is 28.2 Å². The van der Waals surface area contributed by atoms with Gasteiger partial charge in [0, 0.05) is 6.54 Å².